The quantitative estimate of drug-likeness (QED) is 0.603. The van der Waals surface area contributed by atoms with Crippen LogP contribution in [0.2, 0.25) is 0 Å². The van der Waals surface area contributed by atoms with Crippen LogP contribution in [0.4, 0.5) is 30.4 Å². The number of pyridine rings is 1. The van der Waals surface area contributed by atoms with E-state index in [0.29, 0.717) is 11.5 Å². The molecule has 166 valence electrons. The largest absolute Gasteiger partial charge is 0.488 e. The molecule has 2 N–H and O–H groups in total. The molecule has 1 aliphatic rings. The molecule has 0 radical (unpaired) electrons. The van der Waals surface area contributed by atoms with E-state index in [9.17, 15) is 23.1 Å². The molecule has 0 spiro atoms. The molecule has 2 heterocycles. The number of aliphatic hydroxyl groups excluding tert-OH is 1. The number of aromatic nitrogens is 1. The smallest absolute Gasteiger partial charge is 0.266 e. The van der Waals surface area contributed by atoms with E-state index < -0.39 is 29.8 Å². The van der Waals surface area contributed by atoms with E-state index >= 15 is 0 Å². The number of nitrogens with zero attached hydrogens (tertiary/aromatic N) is 2. The Hall–Kier alpha value is -3.59. The van der Waals surface area contributed by atoms with Gasteiger partial charge in [0, 0.05) is 11.9 Å². The monoisotopic (exact) mass is 443 g/mol. The van der Waals surface area contributed by atoms with Crippen molar-refractivity contribution in [3.8, 4) is 5.75 Å². The number of anilines is 3. The Morgan fingerprint density at radius 3 is 2.75 bits per heavy atom. The van der Waals surface area contributed by atoms with Crippen LogP contribution in [-0.2, 0) is 0 Å². The molecular formula is C23H20F3N3O3. The van der Waals surface area contributed by atoms with Gasteiger partial charge in [0.25, 0.3) is 12.3 Å². The fourth-order valence-corrected chi connectivity index (χ4v) is 3.52. The van der Waals surface area contributed by atoms with E-state index in [1.165, 1.54) is 12.1 Å². The number of fused-ring (bicyclic) bond motifs is 1. The second-order valence-corrected chi connectivity index (χ2v) is 7.36. The number of benzene rings is 2. The van der Waals surface area contributed by atoms with E-state index in [1.807, 2.05) is 19.1 Å². The summed E-state index contributed by atoms with van der Waals surface area (Å²) in [6, 6.07) is 11.2. The maximum Gasteiger partial charge on any atom is 0.266 e. The predicted octanol–water partition coefficient (Wildman–Crippen LogP) is 4.61. The van der Waals surface area contributed by atoms with Gasteiger partial charge in [-0.05, 0) is 48.9 Å². The summed E-state index contributed by atoms with van der Waals surface area (Å²) in [5.74, 6) is -0.833. The van der Waals surface area contributed by atoms with Crippen molar-refractivity contribution in [1.29, 1.82) is 0 Å². The fourth-order valence-electron chi connectivity index (χ4n) is 3.52. The van der Waals surface area contributed by atoms with Gasteiger partial charge in [-0.25, -0.2) is 18.2 Å². The maximum absolute atomic E-state index is 13.9. The highest BCUT2D eigenvalue weighted by Gasteiger charge is 2.32. The van der Waals surface area contributed by atoms with Crippen molar-refractivity contribution in [3.63, 3.8) is 0 Å². The van der Waals surface area contributed by atoms with E-state index in [2.05, 4.69) is 10.3 Å². The lowest BCUT2D eigenvalue weighted by atomic mass is 10.1. The lowest BCUT2D eigenvalue weighted by molar-refractivity contribution is 0.102. The first-order chi connectivity index (χ1) is 15.4. The van der Waals surface area contributed by atoms with Crippen LogP contribution in [0, 0.1) is 12.7 Å². The Morgan fingerprint density at radius 1 is 1.28 bits per heavy atom. The molecule has 0 fully saturated rings. The van der Waals surface area contributed by atoms with Gasteiger partial charge in [0.05, 0.1) is 29.5 Å². The Morgan fingerprint density at radius 2 is 2.09 bits per heavy atom. The molecule has 1 atom stereocenters. The summed E-state index contributed by atoms with van der Waals surface area (Å²) in [7, 11) is 0. The van der Waals surface area contributed by atoms with Crippen molar-refractivity contribution in [3.05, 3.63) is 77.2 Å². The van der Waals surface area contributed by atoms with E-state index in [4.69, 9.17) is 4.74 Å². The summed E-state index contributed by atoms with van der Waals surface area (Å²) in [4.78, 5) is 19.1. The Kier molecular flexibility index (Phi) is 6.00. The van der Waals surface area contributed by atoms with Crippen LogP contribution in [0.5, 0.6) is 5.75 Å². The van der Waals surface area contributed by atoms with Gasteiger partial charge in [-0.1, -0.05) is 12.1 Å². The molecule has 1 amide bonds. The number of nitrogens with one attached hydrogen (secondary N) is 1. The summed E-state index contributed by atoms with van der Waals surface area (Å²) < 4.78 is 45.2. The molecule has 0 unspecified atom stereocenters. The standard InChI is InChI=1S/C23H20F3N3O3/c1-13-5-8-20(27-10-13)29-15(11-30)12-32-21-17(3-2-4-19(21)29)23(31)28-14-6-7-16(22(25)26)18(24)9-14/h2-10,15,22,30H,11-12H2,1H3,(H,28,31)/t15-/m0/s1. The Balaban J connectivity index is 1.67. The Labute approximate surface area is 182 Å². The van der Waals surface area contributed by atoms with Crippen LogP contribution in [0.3, 0.4) is 0 Å². The van der Waals surface area contributed by atoms with Gasteiger partial charge < -0.3 is 20.1 Å². The van der Waals surface area contributed by atoms with Gasteiger partial charge in [-0.2, -0.15) is 0 Å². The highest BCUT2D eigenvalue weighted by Crippen LogP contribution is 2.41. The lowest BCUT2D eigenvalue weighted by Gasteiger charge is -2.37. The zero-order chi connectivity index (χ0) is 22.8. The minimum atomic E-state index is -2.95. The summed E-state index contributed by atoms with van der Waals surface area (Å²) in [6.45, 7) is 1.83. The normalized spacial score (nSPS) is 15.3. The molecule has 9 heteroatoms. The van der Waals surface area contributed by atoms with Crippen LogP contribution in [0.1, 0.15) is 27.9 Å². The number of aliphatic hydroxyl groups is 1. The van der Waals surface area contributed by atoms with Crippen LogP contribution < -0.4 is 15.0 Å². The van der Waals surface area contributed by atoms with Gasteiger partial charge in [-0.15, -0.1) is 0 Å². The lowest BCUT2D eigenvalue weighted by Crippen LogP contribution is -2.43. The number of para-hydroxylation sites is 1. The van der Waals surface area contributed by atoms with E-state index in [1.54, 1.807) is 23.2 Å². The second-order valence-electron chi connectivity index (χ2n) is 7.36. The summed E-state index contributed by atoms with van der Waals surface area (Å²) in [6.07, 6.45) is -1.25. The van der Waals surface area contributed by atoms with Crippen molar-refractivity contribution in [1.82, 2.24) is 4.98 Å². The molecule has 3 aromatic rings. The van der Waals surface area contributed by atoms with Gasteiger partial charge in [0.15, 0.2) is 5.75 Å². The minimum Gasteiger partial charge on any atom is -0.488 e. The molecule has 4 rings (SSSR count). The van der Waals surface area contributed by atoms with Crippen LogP contribution in [0.25, 0.3) is 0 Å². The number of rotatable bonds is 5. The molecule has 6 nitrogen and oxygen atoms in total. The number of carbonyl (C=O) groups is 1. The fraction of sp³-hybridized carbons (Fsp3) is 0.217. The summed E-state index contributed by atoms with van der Waals surface area (Å²) >= 11 is 0. The molecular weight excluding hydrogens is 423 g/mol. The van der Waals surface area contributed by atoms with Gasteiger partial charge >= 0.3 is 0 Å². The molecule has 0 saturated heterocycles. The van der Waals surface area contributed by atoms with Gasteiger partial charge in [0.1, 0.15) is 18.2 Å². The van der Waals surface area contributed by atoms with Crippen molar-refractivity contribution in [2.24, 2.45) is 0 Å². The number of hydrogen-bond acceptors (Lipinski definition) is 5. The average molecular weight is 443 g/mol. The van der Waals surface area contributed by atoms with Gasteiger partial charge in [-0.3, -0.25) is 4.79 Å². The first kappa shape index (κ1) is 21.6. The average Bonchev–Trinajstić information content (AvgIpc) is 2.78. The number of hydrogen-bond donors (Lipinski definition) is 2. The van der Waals surface area contributed by atoms with Gasteiger partial charge in [0.2, 0.25) is 0 Å². The zero-order valence-electron chi connectivity index (χ0n) is 17.1. The minimum absolute atomic E-state index is 0.0376. The topological polar surface area (TPSA) is 74.7 Å². The van der Waals surface area contributed by atoms with Crippen LogP contribution >= 0.6 is 0 Å². The van der Waals surface area contributed by atoms with E-state index in [-0.39, 0.29) is 30.2 Å². The van der Waals surface area contributed by atoms with Crippen molar-refractivity contribution < 1.29 is 27.8 Å². The van der Waals surface area contributed by atoms with Crippen molar-refractivity contribution in [2.45, 2.75) is 19.4 Å². The molecule has 32 heavy (non-hydrogen) atoms. The molecule has 0 bridgehead atoms. The van der Waals surface area contributed by atoms with E-state index in [0.717, 1.165) is 17.7 Å². The zero-order valence-corrected chi connectivity index (χ0v) is 17.1. The third-order valence-corrected chi connectivity index (χ3v) is 5.13. The third kappa shape index (κ3) is 4.11. The highest BCUT2D eigenvalue weighted by atomic mass is 19.3. The number of carbonyl (C=O) groups excluding carboxylic acids is 1. The molecule has 0 aliphatic carbocycles. The number of amides is 1. The van der Waals surface area contributed by atoms with Crippen molar-refractivity contribution >= 4 is 23.1 Å². The highest BCUT2D eigenvalue weighted by molar-refractivity contribution is 6.07. The molecule has 1 aromatic heterocycles. The SMILES string of the molecule is Cc1ccc(N2c3cccc(C(=O)Nc4ccc(C(F)F)c(F)c4)c3OC[C@@H]2CO)nc1. The van der Waals surface area contributed by atoms with Crippen molar-refractivity contribution in [2.75, 3.05) is 23.4 Å². The summed E-state index contributed by atoms with van der Waals surface area (Å²) in [5.41, 5.74) is 0.990. The van der Waals surface area contributed by atoms with Crippen LogP contribution in [0.15, 0.2) is 54.7 Å². The molecule has 1 aliphatic heterocycles. The molecule has 0 saturated carbocycles. The molecule has 2 aromatic carbocycles. The summed E-state index contributed by atoms with van der Waals surface area (Å²) in [5, 5.41) is 12.4. The Bertz CT molecular complexity index is 1140. The predicted molar refractivity (Wildman–Crippen MR) is 113 cm³/mol. The number of alkyl halides is 2. The second kappa shape index (κ2) is 8.88. The van der Waals surface area contributed by atoms with Crippen LogP contribution in [-0.4, -0.2) is 35.3 Å². The first-order valence-corrected chi connectivity index (χ1v) is 9.86. The maximum atomic E-state index is 13.9. The third-order valence-electron chi connectivity index (χ3n) is 5.13. The first-order valence-electron chi connectivity index (χ1n) is 9.86. The number of ether oxygens (including phenoxy) is 1. The number of aryl methyl sites for hydroxylation is 1. The number of halogens is 3.